The van der Waals surface area contributed by atoms with Crippen LogP contribution in [0.2, 0.25) is 5.15 Å². The van der Waals surface area contributed by atoms with Gasteiger partial charge in [0.25, 0.3) is 0 Å². The molecule has 5 nitrogen and oxygen atoms in total. The predicted octanol–water partition coefficient (Wildman–Crippen LogP) is 4.24. The van der Waals surface area contributed by atoms with Crippen molar-refractivity contribution in [2.75, 3.05) is 6.54 Å². The van der Waals surface area contributed by atoms with Crippen molar-refractivity contribution < 1.29 is 14.3 Å². The molecule has 0 saturated heterocycles. The maximum atomic E-state index is 12.1. The number of nitrogens with one attached hydrogen (secondary N) is 1. The van der Waals surface area contributed by atoms with Crippen LogP contribution < -0.4 is 5.32 Å². The van der Waals surface area contributed by atoms with E-state index in [1.165, 1.54) is 6.42 Å². The monoisotopic (exact) mass is 388 g/mol. The summed E-state index contributed by atoms with van der Waals surface area (Å²) in [6, 6.07) is 5.91. The molecular weight excluding hydrogens is 364 g/mol. The average Bonchev–Trinajstić information content (AvgIpc) is 2.68. The van der Waals surface area contributed by atoms with E-state index < -0.39 is 5.97 Å². The van der Waals surface area contributed by atoms with Gasteiger partial charge < -0.3 is 10.1 Å². The minimum atomic E-state index is -0.476. The van der Waals surface area contributed by atoms with Crippen LogP contribution in [0.15, 0.2) is 18.2 Å². The first-order chi connectivity index (χ1) is 13.0. The summed E-state index contributed by atoms with van der Waals surface area (Å²) in [5, 5.41) is 3.97. The quantitative estimate of drug-likeness (QED) is 0.614. The van der Waals surface area contributed by atoms with E-state index >= 15 is 0 Å². The van der Waals surface area contributed by atoms with E-state index in [1.807, 2.05) is 32.0 Å². The Balaban J connectivity index is 1.56. The predicted molar refractivity (Wildman–Crippen MR) is 106 cm³/mol. The van der Waals surface area contributed by atoms with Gasteiger partial charge in [0, 0.05) is 16.9 Å². The Morgan fingerprint density at radius 1 is 1.22 bits per heavy atom. The van der Waals surface area contributed by atoms with E-state index in [4.69, 9.17) is 16.3 Å². The molecule has 6 heteroatoms. The summed E-state index contributed by atoms with van der Waals surface area (Å²) in [7, 11) is 0. The van der Waals surface area contributed by atoms with Crippen molar-refractivity contribution in [1.82, 2.24) is 10.3 Å². The number of amides is 1. The molecule has 2 aromatic rings. The number of carbonyl (C=O) groups is 2. The third-order valence-corrected chi connectivity index (χ3v) is 5.64. The maximum Gasteiger partial charge on any atom is 0.325 e. The Bertz CT molecular complexity index is 860. The molecule has 0 unspecified atom stereocenters. The fourth-order valence-electron chi connectivity index (χ4n) is 3.48. The second-order valence-electron chi connectivity index (χ2n) is 7.23. The van der Waals surface area contributed by atoms with Crippen molar-refractivity contribution in [3.63, 3.8) is 0 Å². The van der Waals surface area contributed by atoms with Crippen LogP contribution >= 0.6 is 11.6 Å². The number of nitrogens with zero attached hydrogens (tertiary/aromatic N) is 1. The molecule has 0 atom stereocenters. The fraction of sp³-hybridized carbons (Fsp3) is 0.476. The summed E-state index contributed by atoms with van der Waals surface area (Å²) >= 11 is 6.27. The van der Waals surface area contributed by atoms with Crippen LogP contribution in [0.4, 0.5) is 0 Å². The van der Waals surface area contributed by atoms with Gasteiger partial charge in [0.05, 0.1) is 5.52 Å². The summed E-state index contributed by atoms with van der Waals surface area (Å²) in [5.74, 6) is -0.504. The molecule has 0 spiro atoms. The highest BCUT2D eigenvalue weighted by molar-refractivity contribution is 6.30. The van der Waals surface area contributed by atoms with Crippen LogP contribution in [0.25, 0.3) is 10.9 Å². The zero-order valence-corrected chi connectivity index (χ0v) is 16.6. The van der Waals surface area contributed by atoms with Gasteiger partial charge in [-0.25, -0.2) is 4.98 Å². The number of rotatable bonds is 5. The van der Waals surface area contributed by atoms with E-state index in [0.29, 0.717) is 10.7 Å². The zero-order valence-electron chi connectivity index (χ0n) is 15.8. The standard InChI is InChI=1S/C21H25ClN2O3/c1-13-8-9-16-10-17(20(22)24-19(16)14(13)2)12-27-18(25)11-23-21(26)15-6-4-3-5-7-15/h8-10,15H,3-7,11-12H2,1-2H3,(H,23,26). The molecule has 1 N–H and O–H groups in total. The molecule has 0 aliphatic heterocycles. The van der Waals surface area contributed by atoms with Crippen molar-refractivity contribution in [1.29, 1.82) is 0 Å². The minimum Gasteiger partial charge on any atom is -0.459 e. The van der Waals surface area contributed by atoms with Gasteiger partial charge in [-0.2, -0.15) is 0 Å². The normalized spacial score (nSPS) is 14.9. The number of aryl methyl sites for hydroxylation is 2. The van der Waals surface area contributed by atoms with Crippen LogP contribution in [-0.2, 0) is 20.9 Å². The molecule has 144 valence electrons. The maximum absolute atomic E-state index is 12.1. The highest BCUT2D eigenvalue weighted by Crippen LogP contribution is 2.25. The fourth-order valence-corrected chi connectivity index (χ4v) is 3.68. The number of pyridine rings is 1. The van der Waals surface area contributed by atoms with Gasteiger partial charge in [-0.05, 0) is 43.9 Å². The van der Waals surface area contributed by atoms with Crippen LogP contribution in [0.3, 0.4) is 0 Å². The Morgan fingerprint density at radius 3 is 2.70 bits per heavy atom. The molecule has 1 heterocycles. The molecule has 1 fully saturated rings. The van der Waals surface area contributed by atoms with Gasteiger partial charge in [0.15, 0.2) is 0 Å². The van der Waals surface area contributed by atoms with Crippen molar-refractivity contribution in [3.05, 3.63) is 40.0 Å². The molecule has 3 rings (SSSR count). The largest absolute Gasteiger partial charge is 0.459 e. The van der Waals surface area contributed by atoms with E-state index in [9.17, 15) is 9.59 Å². The van der Waals surface area contributed by atoms with Crippen molar-refractivity contribution in [3.8, 4) is 0 Å². The molecule has 0 radical (unpaired) electrons. The first kappa shape index (κ1) is 19.6. The number of carbonyl (C=O) groups excluding carboxylic acids is 2. The second kappa shape index (κ2) is 8.70. The van der Waals surface area contributed by atoms with Gasteiger partial charge in [-0.1, -0.05) is 43.0 Å². The molecule has 27 heavy (non-hydrogen) atoms. The van der Waals surface area contributed by atoms with Crippen LogP contribution in [-0.4, -0.2) is 23.4 Å². The topological polar surface area (TPSA) is 68.3 Å². The lowest BCUT2D eigenvalue weighted by Crippen LogP contribution is -2.36. The summed E-state index contributed by atoms with van der Waals surface area (Å²) in [6.07, 6.45) is 5.14. The molecule has 1 aliphatic carbocycles. The van der Waals surface area contributed by atoms with Gasteiger partial charge in [0.1, 0.15) is 18.3 Å². The number of ether oxygens (including phenoxy) is 1. The van der Waals surface area contributed by atoms with Crippen LogP contribution in [0, 0.1) is 19.8 Å². The summed E-state index contributed by atoms with van der Waals surface area (Å²) in [5.41, 5.74) is 3.75. The Labute approximate surface area is 164 Å². The number of hydrogen-bond donors (Lipinski definition) is 1. The Morgan fingerprint density at radius 2 is 1.96 bits per heavy atom. The molecule has 1 aliphatic rings. The zero-order chi connectivity index (χ0) is 19.4. The smallest absolute Gasteiger partial charge is 0.325 e. The van der Waals surface area contributed by atoms with Gasteiger partial charge in [-0.3, -0.25) is 9.59 Å². The van der Waals surface area contributed by atoms with Crippen molar-refractivity contribution in [2.45, 2.75) is 52.6 Å². The molecule has 1 aromatic carbocycles. The van der Waals surface area contributed by atoms with Crippen LogP contribution in [0.5, 0.6) is 0 Å². The first-order valence-electron chi connectivity index (χ1n) is 9.44. The number of hydrogen-bond acceptors (Lipinski definition) is 4. The Hall–Kier alpha value is -2.14. The molecular formula is C21H25ClN2O3. The average molecular weight is 389 g/mol. The summed E-state index contributed by atoms with van der Waals surface area (Å²) in [6.45, 7) is 3.95. The minimum absolute atomic E-state index is 0.0254. The SMILES string of the molecule is Cc1ccc2cc(COC(=O)CNC(=O)C3CCCCC3)c(Cl)nc2c1C. The Kier molecular flexibility index (Phi) is 6.32. The number of esters is 1. The first-order valence-corrected chi connectivity index (χ1v) is 9.82. The summed E-state index contributed by atoms with van der Waals surface area (Å²) in [4.78, 5) is 28.5. The lowest BCUT2D eigenvalue weighted by molar-refractivity contribution is -0.145. The van der Waals surface area contributed by atoms with E-state index in [0.717, 1.165) is 47.7 Å². The number of fused-ring (bicyclic) bond motifs is 1. The molecule has 1 saturated carbocycles. The highest BCUT2D eigenvalue weighted by atomic mass is 35.5. The number of benzene rings is 1. The van der Waals surface area contributed by atoms with E-state index in [-0.39, 0.29) is 25.0 Å². The van der Waals surface area contributed by atoms with Gasteiger partial charge in [-0.15, -0.1) is 0 Å². The van der Waals surface area contributed by atoms with E-state index in [2.05, 4.69) is 10.3 Å². The lowest BCUT2D eigenvalue weighted by atomic mass is 9.89. The number of halogens is 1. The third-order valence-electron chi connectivity index (χ3n) is 5.31. The molecule has 1 aromatic heterocycles. The van der Waals surface area contributed by atoms with Crippen molar-refractivity contribution >= 4 is 34.4 Å². The third kappa shape index (κ3) is 4.78. The molecule has 1 amide bonds. The van der Waals surface area contributed by atoms with Gasteiger partial charge >= 0.3 is 5.97 Å². The second-order valence-corrected chi connectivity index (χ2v) is 7.59. The lowest BCUT2D eigenvalue weighted by Gasteiger charge is -2.20. The van der Waals surface area contributed by atoms with E-state index in [1.54, 1.807) is 0 Å². The van der Waals surface area contributed by atoms with Gasteiger partial charge in [0.2, 0.25) is 5.91 Å². The van der Waals surface area contributed by atoms with Crippen LogP contribution in [0.1, 0.15) is 48.8 Å². The number of aromatic nitrogens is 1. The summed E-state index contributed by atoms with van der Waals surface area (Å²) < 4.78 is 5.27. The molecule has 0 bridgehead atoms. The van der Waals surface area contributed by atoms with Crippen molar-refractivity contribution in [2.24, 2.45) is 5.92 Å². The highest BCUT2D eigenvalue weighted by Gasteiger charge is 2.21.